The Morgan fingerprint density at radius 3 is 2.59 bits per heavy atom. The van der Waals surface area contributed by atoms with E-state index in [0.29, 0.717) is 30.8 Å². The fraction of sp³-hybridized carbons (Fsp3) is 0.583. The maximum atomic E-state index is 14.0. The van der Waals surface area contributed by atoms with Gasteiger partial charge < -0.3 is 16.0 Å². The number of fused-ring (bicyclic) bond motifs is 1. The molecule has 2 amide bonds. The number of nitrogens with one attached hydrogen (secondary N) is 1. The van der Waals surface area contributed by atoms with Crippen molar-refractivity contribution in [1.29, 1.82) is 0 Å². The highest BCUT2D eigenvalue weighted by atomic mass is 19.3. The molecule has 4 aliphatic rings. The molecule has 2 bridgehead atoms. The van der Waals surface area contributed by atoms with E-state index in [4.69, 9.17) is 5.73 Å². The van der Waals surface area contributed by atoms with Gasteiger partial charge in [0.25, 0.3) is 5.91 Å². The number of primary amides is 1. The van der Waals surface area contributed by atoms with Crippen LogP contribution >= 0.6 is 0 Å². The third-order valence-electron chi connectivity index (χ3n) is 7.81. The average Bonchev–Trinajstić information content (AvgIpc) is 3.39. The van der Waals surface area contributed by atoms with Gasteiger partial charge in [-0.1, -0.05) is 0 Å². The Balaban J connectivity index is 1.50. The summed E-state index contributed by atoms with van der Waals surface area (Å²) in [6.07, 6.45) is 7.13. The molecule has 3 aliphatic carbocycles. The Bertz CT molecular complexity index is 1140. The zero-order valence-electron chi connectivity index (χ0n) is 19.5. The van der Waals surface area contributed by atoms with E-state index in [1.807, 2.05) is 20.2 Å². The molecule has 8 nitrogen and oxygen atoms in total. The van der Waals surface area contributed by atoms with Crippen molar-refractivity contribution < 1.29 is 18.4 Å². The Kier molecular flexibility index (Phi) is 5.37. The molecule has 4 fully saturated rings. The molecule has 2 aromatic heterocycles. The minimum atomic E-state index is -2.71. The van der Waals surface area contributed by atoms with Gasteiger partial charge in [0.05, 0.1) is 11.8 Å². The summed E-state index contributed by atoms with van der Waals surface area (Å²) in [6.45, 7) is 2.39. The van der Waals surface area contributed by atoms with Crippen LogP contribution in [-0.4, -0.2) is 51.1 Å². The predicted octanol–water partition coefficient (Wildman–Crippen LogP) is 2.80. The van der Waals surface area contributed by atoms with E-state index >= 15 is 0 Å². The van der Waals surface area contributed by atoms with E-state index < -0.39 is 11.5 Å². The van der Waals surface area contributed by atoms with E-state index in [9.17, 15) is 18.4 Å². The Hall–Kier alpha value is -3.04. The number of halogens is 2. The van der Waals surface area contributed by atoms with Crippen LogP contribution in [0.1, 0.15) is 54.4 Å². The Morgan fingerprint density at radius 2 is 1.94 bits per heavy atom. The molecule has 0 spiro atoms. The van der Waals surface area contributed by atoms with Crippen LogP contribution in [0.5, 0.6) is 0 Å². The number of aryl methyl sites for hydroxylation is 1. The summed E-state index contributed by atoms with van der Waals surface area (Å²) in [6, 6.07) is 0. The highest BCUT2D eigenvalue weighted by molar-refractivity contribution is 6.02. The van der Waals surface area contributed by atoms with E-state index in [-0.39, 0.29) is 43.0 Å². The lowest BCUT2D eigenvalue weighted by Gasteiger charge is -2.39. The van der Waals surface area contributed by atoms with E-state index in [1.165, 1.54) is 0 Å². The van der Waals surface area contributed by atoms with Gasteiger partial charge in [0, 0.05) is 68.0 Å². The Morgan fingerprint density at radius 1 is 1.18 bits per heavy atom. The van der Waals surface area contributed by atoms with E-state index in [1.54, 1.807) is 22.0 Å². The third kappa shape index (κ3) is 3.92. The Labute approximate surface area is 196 Å². The summed E-state index contributed by atoms with van der Waals surface area (Å²) >= 11 is 0. The second kappa shape index (κ2) is 8.02. The lowest BCUT2D eigenvalue weighted by Crippen LogP contribution is -2.52. The van der Waals surface area contributed by atoms with Gasteiger partial charge in [-0.3, -0.25) is 14.3 Å². The van der Waals surface area contributed by atoms with E-state index in [2.05, 4.69) is 15.4 Å². The second-order valence-corrected chi connectivity index (χ2v) is 10.2. The van der Waals surface area contributed by atoms with Crippen LogP contribution in [0.4, 0.5) is 14.6 Å². The lowest BCUT2D eigenvalue weighted by molar-refractivity contribution is -0.122. The first-order valence-corrected chi connectivity index (χ1v) is 11.8. The average molecular weight is 473 g/mol. The molecule has 10 heteroatoms. The number of nitrogens with zero attached hydrogens (tertiary/aromatic N) is 4. The number of amides is 2. The summed E-state index contributed by atoms with van der Waals surface area (Å²) in [4.78, 5) is 31.9. The fourth-order valence-corrected chi connectivity index (χ4v) is 6.00. The number of carbonyl (C=O) groups excluding carboxylic acids is 2. The van der Waals surface area contributed by atoms with Gasteiger partial charge in [0.15, 0.2) is 0 Å². The quantitative estimate of drug-likeness (QED) is 0.696. The molecule has 3 heterocycles. The summed E-state index contributed by atoms with van der Waals surface area (Å²) in [5, 5.41) is 7.40. The van der Waals surface area contributed by atoms with Gasteiger partial charge in [-0.05, 0) is 44.1 Å². The molecule has 0 aromatic carbocycles. The molecular weight excluding hydrogens is 442 g/mol. The summed E-state index contributed by atoms with van der Waals surface area (Å²) < 4.78 is 29.7. The molecule has 182 valence electrons. The number of aromatic nitrogens is 3. The standard InChI is InChI=1S/C24H30F2N6O2/c1-14-18(16-11-29-31(2)13-16)12-28-21(32-6-3-4-24(25,26)5-7-32)19(14)22(34)30-23-8-15(9-23)17(10-23)20(27)33/h11-13,15,17H,3-10H2,1-2H3,(H2,27,33)(H,30,34). The molecule has 0 radical (unpaired) electrons. The number of pyridine rings is 1. The van der Waals surface area contributed by atoms with Crippen molar-refractivity contribution in [2.75, 3.05) is 18.0 Å². The smallest absolute Gasteiger partial charge is 0.255 e. The maximum absolute atomic E-state index is 14.0. The number of rotatable bonds is 5. The third-order valence-corrected chi connectivity index (χ3v) is 7.81. The molecule has 6 rings (SSSR count). The van der Waals surface area contributed by atoms with Crippen LogP contribution in [0.15, 0.2) is 18.6 Å². The number of nitrogens with two attached hydrogens (primary N) is 1. The minimum Gasteiger partial charge on any atom is -0.369 e. The van der Waals surface area contributed by atoms with Crippen LogP contribution in [0.3, 0.4) is 0 Å². The first kappa shape index (κ1) is 22.7. The number of hydrogen-bond donors (Lipinski definition) is 2. The van der Waals surface area contributed by atoms with Crippen LogP contribution in [0.25, 0.3) is 11.1 Å². The number of alkyl halides is 2. The normalized spacial score (nSPS) is 27.7. The topological polar surface area (TPSA) is 106 Å². The summed E-state index contributed by atoms with van der Waals surface area (Å²) in [5.41, 5.74) is 7.82. The number of anilines is 1. The SMILES string of the molecule is Cc1c(-c2cnn(C)c2)cnc(N2CCCC(F)(F)CC2)c1C(=O)NC12CC(C1)C(C(N)=O)C2. The maximum Gasteiger partial charge on any atom is 0.255 e. The highest BCUT2D eigenvalue weighted by Crippen LogP contribution is 2.55. The van der Waals surface area contributed by atoms with Gasteiger partial charge in [-0.15, -0.1) is 0 Å². The monoisotopic (exact) mass is 472 g/mol. The predicted molar refractivity (Wildman–Crippen MR) is 122 cm³/mol. The molecule has 34 heavy (non-hydrogen) atoms. The first-order chi connectivity index (χ1) is 16.1. The van der Waals surface area contributed by atoms with Crippen molar-refractivity contribution in [1.82, 2.24) is 20.1 Å². The lowest BCUT2D eigenvalue weighted by atomic mass is 9.76. The van der Waals surface area contributed by atoms with Gasteiger partial charge in [0.1, 0.15) is 5.82 Å². The van der Waals surface area contributed by atoms with Gasteiger partial charge in [-0.25, -0.2) is 13.8 Å². The molecule has 3 saturated carbocycles. The first-order valence-electron chi connectivity index (χ1n) is 11.8. The molecule has 1 atom stereocenters. The number of hydrogen-bond acceptors (Lipinski definition) is 5. The largest absolute Gasteiger partial charge is 0.369 e. The van der Waals surface area contributed by atoms with Crippen molar-refractivity contribution in [2.45, 2.75) is 56.9 Å². The van der Waals surface area contributed by atoms with Crippen molar-refractivity contribution in [2.24, 2.45) is 24.6 Å². The summed E-state index contributed by atoms with van der Waals surface area (Å²) in [5.74, 6) is -2.89. The van der Waals surface area contributed by atoms with Crippen molar-refractivity contribution in [3.63, 3.8) is 0 Å². The van der Waals surface area contributed by atoms with Gasteiger partial charge in [-0.2, -0.15) is 5.10 Å². The molecule has 1 saturated heterocycles. The molecular formula is C24H30F2N6O2. The van der Waals surface area contributed by atoms with Crippen LogP contribution < -0.4 is 16.0 Å². The van der Waals surface area contributed by atoms with E-state index in [0.717, 1.165) is 29.5 Å². The molecule has 1 unspecified atom stereocenters. The van der Waals surface area contributed by atoms with Crippen LogP contribution in [0, 0.1) is 18.8 Å². The summed E-state index contributed by atoms with van der Waals surface area (Å²) in [7, 11) is 1.81. The van der Waals surface area contributed by atoms with Crippen LogP contribution in [-0.2, 0) is 11.8 Å². The van der Waals surface area contributed by atoms with Crippen LogP contribution in [0.2, 0.25) is 0 Å². The second-order valence-electron chi connectivity index (χ2n) is 10.2. The number of carbonyl (C=O) groups is 2. The van der Waals surface area contributed by atoms with Crippen molar-refractivity contribution >= 4 is 17.6 Å². The highest BCUT2D eigenvalue weighted by Gasteiger charge is 2.58. The zero-order valence-corrected chi connectivity index (χ0v) is 19.5. The van der Waals surface area contributed by atoms with Crippen molar-refractivity contribution in [3.05, 3.63) is 29.7 Å². The molecule has 1 aliphatic heterocycles. The minimum absolute atomic E-state index is 0.128. The van der Waals surface area contributed by atoms with Crippen molar-refractivity contribution in [3.8, 4) is 11.1 Å². The van der Waals surface area contributed by atoms with Gasteiger partial charge >= 0.3 is 0 Å². The van der Waals surface area contributed by atoms with Gasteiger partial charge in [0.2, 0.25) is 11.8 Å². The fourth-order valence-electron chi connectivity index (χ4n) is 6.00. The molecule has 3 N–H and O–H groups in total. The molecule has 2 aromatic rings. The zero-order chi connectivity index (χ0) is 24.3.